The van der Waals surface area contributed by atoms with Gasteiger partial charge in [-0.15, -0.1) is 0 Å². The van der Waals surface area contributed by atoms with Crippen LogP contribution in [0.2, 0.25) is 0 Å². The lowest BCUT2D eigenvalue weighted by molar-refractivity contribution is 1.22. The Kier molecular flexibility index (Phi) is 5.14. The Labute approximate surface area is 58.1 Å². The van der Waals surface area contributed by atoms with E-state index in [4.69, 9.17) is 0 Å². The van der Waals surface area contributed by atoms with Crippen molar-refractivity contribution in [3.8, 4) is 0 Å². The van der Waals surface area contributed by atoms with Gasteiger partial charge < -0.3 is 0 Å². The van der Waals surface area contributed by atoms with Gasteiger partial charge in [-0.2, -0.15) is 0 Å². The van der Waals surface area contributed by atoms with E-state index in [9.17, 15) is 0 Å². The van der Waals surface area contributed by atoms with Crippen LogP contribution in [-0.2, 0) is 0 Å². The molecule has 0 saturated carbocycles. The quantitative estimate of drug-likeness (QED) is 0.449. The Hall–Kier alpha value is 0.590. The summed E-state index contributed by atoms with van der Waals surface area (Å²) in [5.41, 5.74) is 1.62. The highest BCUT2D eigenvalue weighted by Gasteiger charge is 1.87. The molecule has 0 unspecified atom stereocenters. The summed E-state index contributed by atoms with van der Waals surface area (Å²) in [4.78, 5) is 0. The molecular weight excluding hydrogens is 146 g/mol. The first-order valence-electron chi connectivity index (χ1n) is 1.68. The van der Waals surface area contributed by atoms with Crippen molar-refractivity contribution in [2.24, 2.45) is 0 Å². The zero-order valence-electron chi connectivity index (χ0n) is 4.25. The summed E-state index contributed by atoms with van der Waals surface area (Å²) in [6.45, 7) is 0. The number of hydrogen-bond acceptors (Lipinski definition) is 3. The van der Waals surface area contributed by atoms with Gasteiger partial charge in [-0.25, -0.2) is 0 Å². The first-order chi connectivity index (χ1) is 3.35. The monoisotopic (exact) mass is 153 g/mol. The molecule has 0 heterocycles. The molecule has 7 heavy (non-hydrogen) atoms. The molecule has 0 rings (SSSR count). The fraction of sp³-hybridized carbons (Fsp3) is 0.667. The van der Waals surface area contributed by atoms with Crippen LogP contribution in [0.5, 0.6) is 0 Å². The fourth-order valence-electron chi connectivity index (χ4n) is 0.161. The van der Waals surface area contributed by atoms with Crippen LogP contribution in [0.1, 0.15) is 0 Å². The van der Waals surface area contributed by atoms with Gasteiger partial charge in [0.25, 0.3) is 0 Å². The molecule has 1 nitrogen and oxygen atoms in total. The van der Waals surface area contributed by atoms with Gasteiger partial charge in [0.15, 0.2) is 0 Å². The van der Waals surface area contributed by atoms with Gasteiger partial charge in [0.05, 0.1) is 5.49 Å². The molecule has 0 fully saturated rings. The molecule has 0 spiro atoms. The standard InChI is InChI=1S/C3H7NS3/c1-6-4(3-5)7-2/h3H,1-2H3. The van der Waals surface area contributed by atoms with E-state index in [1.54, 1.807) is 29.4 Å². The van der Waals surface area contributed by atoms with Crippen LogP contribution in [0.25, 0.3) is 0 Å². The molecule has 0 aliphatic carbocycles. The van der Waals surface area contributed by atoms with Gasteiger partial charge >= 0.3 is 0 Å². The van der Waals surface area contributed by atoms with Crippen LogP contribution in [0, 0.1) is 0 Å². The van der Waals surface area contributed by atoms with Crippen LogP contribution >= 0.6 is 36.1 Å². The van der Waals surface area contributed by atoms with E-state index in [1.807, 2.05) is 16.2 Å². The molecule has 4 heteroatoms. The first-order valence-corrected chi connectivity index (χ1v) is 4.51. The normalized spacial score (nSPS) is 8.29. The van der Waals surface area contributed by atoms with Crippen molar-refractivity contribution in [2.45, 2.75) is 0 Å². The predicted molar refractivity (Wildman–Crippen MR) is 42.5 cm³/mol. The lowest BCUT2D eigenvalue weighted by atomic mass is 11.6. The third-order valence-corrected chi connectivity index (χ3v) is 2.75. The Morgan fingerprint density at radius 3 is 1.86 bits per heavy atom. The van der Waals surface area contributed by atoms with E-state index in [0.29, 0.717) is 0 Å². The van der Waals surface area contributed by atoms with E-state index in [-0.39, 0.29) is 0 Å². The maximum absolute atomic E-state index is 4.63. The summed E-state index contributed by atoms with van der Waals surface area (Å²) in [5, 5.41) is 0. The topological polar surface area (TPSA) is 3.24 Å². The summed E-state index contributed by atoms with van der Waals surface area (Å²) < 4.78 is 1.90. The highest BCUT2D eigenvalue weighted by molar-refractivity contribution is 8.12. The minimum Gasteiger partial charge on any atom is -0.256 e. The SMILES string of the molecule is CSN(C=S)SC. The van der Waals surface area contributed by atoms with Crippen molar-refractivity contribution in [1.82, 2.24) is 3.71 Å². The van der Waals surface area contributed by atoms with Crippen molar-refractivity contribution in [2.75, 3.05) is 12.5 Å². The molecule has 0 amide bonds. The first kappa shape index (κ1) is 7.59. The van der Waals surface area contributed by atoms with Gasteiger partial charge in [-0.3, -0.25) is 3.71 Å². The molecule has 0 bridgehead atoms. The molecule has 0 aromatic rings. The average molecular weight is 153 g/mol. The molecular formula is C3H7NS3. The van der Waals surface area contributed by atoms with Gasteiger partial charge in [0.1, 0.15) is 0 Å². The van der Waals surface area contributed by atoms with Crippen LogP contribution < -0.4 is 0 Å². The van der Waals surface area contributed by atoms with Gasteiger partial charge in [-0.05, 0) is 23.9 Å². The van der Waals surface area contributed by atoms with Gasteiger partial charge in [-0.1, -0.05) is 12.2 Å². The van der Waals surface area contributed by atoms with E-state index >= 15 is 0 Å². The molecule has 0 N–H and O–H groups in total. The summed E-state index contributed by atoms with van der Waals surface area (Å²) in [7, 11) is 0. The van der Waals surface area contributed by atoms with Gasteiger partial charge in [0, 0.05) is 12.5 Å². The number of hydrogen-bond donors (Lipinski definition) is 0. The summed E-state index contributed by atoms with van der Waals surface area (Å²) in [6.07, 6.45) is 3.97. The van der Waals surface area contributed by atoms with Crippen LogP contribution in [-0.4, -0.2) is 21.7 Å². The largest absolute Gasteiger partial charge is 0.256 e. The Balaban J connectivity index is 3.16. The van der Waals surface area contributed by atoms with E-state index in [2.05, 4.69) is 12.2 Å². The van der Waals surface area contributed by atoms with Crippen molar-refractivity contribution in [3.63, 3.8) is 0 Å². The smallest absolute Gasteiger partial charge is 0.0862 e. The summed E-state index contributed by atoms with van der Waals surface area (Å²) in [6, 6.07) is 0. The molecule has 0 aliphatic rings. The Bertz CT molecular complexity index is 52.1. The Morgan fingerprint density at radius 1 is 1.43 bits per heavy atom. The Morgan fingerprint density at radius 2 is 1.86 bits per heavy atom. The van der Waals surface area contributed by atoms with E-state index in [0.717, 1.165) is 0 Å². The summed E-state index contributed by atoms with van der Waals surface area (Å²) in [5.74, 6) is 0. The van der Waals surface area contributed by atoms with E-state index < -0.39 is 0 Å². The fourth-order valence-corrected chi connectivity index (χ4v) is 1.45. The third kappa shape index (κ3) is 3.20. The zero-order chi connectivity index (χ0) is 5.70. The number of nitrogens with zero attached hydrogens (tertiary/aromatic N) is 1. The third-order valence-electron chi connectivity index (χ3n) is 0.446. The lowest BCUT2D eigenvalue weighted by Gasteiger charge is -2.07. The molecule has 0 aliphatic heterocycles. The average Bonchev–Trinajstić information content (AvgIpc) is 1.72. The molecule has 0 radical (unpaired) electrons. The molecule has 0 aromatic heterocycles. The lowest BCUT2D eigenvalue weighted by Crippen LogP contribution is -1.96. The summed E-state index contributed by atoms with van der Waals surface area (Å²) >= 11 is 7.84. The van der Waals surface area contributed by atoms with Crippen LogP contribution in [0.3, 0.4) is 0 Å². The van der Waals surface area contributed by atoms with Gasteiger partial charge in [0.2, 0.25) is 0 Å². The highest BCUT2D eigenvalue weighted by atomic mass is 32.2. The van der Waals surface area contributed by atoms with Crippen LogP contribution in [0.15, 0.2) is 0 Å². The maximum Gasteiger partial charge on any atom is 0.0862 e. The number of thiocarbonyl (C=S) groups is 1. The zero-order valence-corrected chi connectivity index (χ0v) is 6.70. The maximum atomic E-state index is 4.63. The molecule has 0 aromatic carbocycles. The second-order valence-corrected chi connectivity index (χ2v) is 2.71. The second kappa shape index (κ2) is 4.74. The minimum atomic E-state index is 1.61. The predicted octanol–water partition coefficient (Wildman–Crippen LogP) is 1.80. The highest BCUT2D eigenvalue weighted by Crippen LogP contribution is 2.11. The molecule has 0 atom stereocenters. The minimum absolute atomic E-state index is 1.61. The molecule has 0 saturated heterocycles. The van der Waals surface area contributed by atoms with Crippen molar-refractivity contribution < 1.29 is 0 Å². The van der Waals surface area contributed by atoms with Crippen molar-refractivity contribution in [1.29, 1.82) is 0 Å². The van der Waals surface area contributed by atoms with Crippen LogP contribution in [0.4, 0.5) is 0 Å². The van der Waals surface area contributed by atoms with Crippen molar-refractivity contribution in [3.05, 3.63) is 0 Å². The van der Waals surface area contributed by atoms with E-state index in [1.165, 1.54) is 0 Å². The van der Waals surface area contributed by atoms with Crippen molar-refractivity contribution >= 4 is 41.6 Å². The second-order valence-electron chi connectivity index (χ2n) is 0.756. The molecule has 42 valence electrons. The number of rotatable bonds is 3.